The molecule has 0 aromatic carbocycles. The van der Waals surface area contributed by atoms with Crippen molar-refractivity contribution in [2.24, 2.45) is 11.8 Å². The lowest BCUT2D eigenvalue weighted by Gasteiger charge is -2.32. The van der Waals surface area contributed by atoms with Crippen molar-refractivity contribution in [3.8, 4) is 0 Å². The van der Waals surface area contributed by atoms with Gasteiger partial charge in [0.15, 0.2) is 0 Å². The number of carbonyl (C=O) groups is 2. The number of carbonyl (C=O) groups excluding carboxylic acids is 2. The summed E-state index contributed by atoms with van der Waals surface area (Å²) in [6.07, 6.45) is 3.46. The van der Waals surface area contributed by atoms with Gasteiger partial charge in [0.05, 0.1) is 0 Å². The summed E-state index contributed by atoms with van der Waals surface area (Å²) < 4.78 is 0. The highest BCUT2D eigenvalue weighted by molar-refractivity contribution is 5.80. The van der Waals surface area contributed by atoms with Gasteiger partial charge in [0.2, 0.25) is 11.8 Å². The van der Waals surface area contributed by atoms with E-state index in [2.05, 4.69) is 5.32 Å². The summed E-state index contributed by atoms with van der Waals surface area (Å²) in [4.78, 5) is 25.7. The fraction of sp³-hybridized carbons (Fsp3) is 0.857. The summed E-state index contributed by atoms with van der Waals surface area (Å²) in [5.74, 6) is 0.602. The van der Waals surface area contributed by atoms with Crippen molar-refractivity contribution >= 4 is 11.8 Å². The highest BCUT2D eigenvalue weighted by Crippen LogP contribution is 2.19. The number of hydrogen-bond donors (Lipinski definition) is 1. The fourth-order valence-corrected chi connectivity index (χ4v) is 2.24. The van der Waals surface area contributed by atoms with Crippen LogP contribution in [0.5, 0.6) is 0 Å². The van der Waals surface area contributed by atoms with Crippen molar-refractivity contribution < 1.29 is 9.59 Å². The van der Waals surface area contributed by atoms with Crippen LogP contribution in [-0.2, 0) is 9.59 Å². The van der Waals surface area contributed by atoms with Crippen LogP contribution in [0.25, 0.3) is 0 Å². The largest absolute Gasteiger partial charge is 0.356 e. The van der Waals surface area contributed by atoms with E-state index in [1.54, 1.807) is 0 Å². The van der Waals surface area contributed by atoms with E-state index in [-0.39, 0.29) is 23.7 Å². The van der Waals surface area contributed by atoms with Gasteiger partial charge < -0.3 is 10.2 Å². The quantitative estimate of drug-likeness (QED) is 0.813. The van der Waals surface area contributed by atoms with Gasteiger partial charge >= 0.3 is 0 Å². The first-order valence-electron chi connectivity index (χ1n) is 7.16. The second-order valence-corrected chi connectivity index (χ2v) is 5.20. The summed E-state index contributed by atoms with van der Waals surface area (Å²) in [5, 5.41) is 2.94. The summed E-state index contributed by atoms with van der Waals surface area (Å²) in [6, 6.07) is 0. The molecule has 1 aliphatic rings. The molecule has 1 N–H and O–H groups in total. The van der Waals surface area contributed by atoms with Crippen molar-refractivity contribution in [3.05, 3.63) is 0 Å². The number of nitrogens with zero attached hydrogens (tertiary/aromatic N) is 1. The molecule has 104 valence electrons. The lowest BCUT2D eigenvalue weighted by Crippen LogP contribution is -2.44. The highest BCUT2D eigenvalue weighted by Gasteiger charge is 2.28. The van der Waals surface area contributed by atoms with Crippen LogP contribution in [0, 0.1) is 11.8 Å². The molecule has 0 aromatic rings. The van der Waals surface area contributed by atoms with E-state index in [9.17, 15) is 9.59 Å². The van der Waals surface area contributed by atoms with Crippen molar-refractivity contribution in [1.29, 1.82) is 0 Å². The van der Waals surface area contributed by atoms with Crippen LogP contribution >= 0.6 is 0 Å². The monoisotopic (exact) mass is 254 g/mol. The van der Waals surface area contributed by atoms with Gasteiger partial charge in [0, 0.05) is 31.5 Å². The first-order valence-corrected chi connectivity index (χ1v) is 7.16. The molecule has 0 aliphatic carbocycles. The maximum absolute atomic E-state index is 12.0. The van der Waals surface area contributed by atoms with Crippen molar-refractivity contribution in [2.75, 3.05) is 19.6 Å². The predicted octanol–water partition coefficient (Wildman–Crippen LogP) is 1.80. The molecular formula is C14H26N2O2. The average Bonchev–Trinajstić information content (AvgIpc) is 2.43. The molecule has 1 heterocycles. The third-order valence-corrected chi connectivity index (χ3v) is 3.76. The number of hydrogen-bond acceptors (Lipinski definition) is 2. The third kappa shape index (κ3) is 4.00. The van der Waals surface area contributed by atoms with Gasteiger partial charge in [0.1, 0.15) is 0 Å². The van der Waals surface area contributed by atoms with Gasteiger partial charge in [0.25, 0.3) is 0 Å². The smallest absolute Gasteiger partial charge is 0.225 e. The molecule has 1 aliphatic heterocycles. The molecule has 0 bridgehead atoms. The normalized spacial score (nSPS) is 18.5. The second kappa shape index (κ2) is 7.39. The molecule has 0 aromatic heterocycles. The lowest BCUT2D eigenvalue weighted by atomic mass is 9.94. The number of piperidine rings is 1. The van der Waals surface area contributed by atoms with E-state index in [0.29, 0.717) is 0 Å². The molecule has 4 nitrogen and oxygen atoms in total. The molecule has 1 rings (SSSR count). The van der Waals surface area contributed by atoms with Gasteiger partial charge in [-0.3, -0.25) is 9.59 Å². The Hall–Kier alpha value is -1.06. The summed E-state index contributed by atoms with van der Waals surface area (Å²) in [5.41, 5.74) is 0. The van der Waals surface area contributed by atoms with Gasteiger partial charge in [-0.2, -0.15) is 0 Å². The first kappa shape index (κ1) is 15.0. The minimum atomic E-state index is 0.0949. The van der Waals surface area contributed by atoms with Crippen LogP contribution in [0.1, 0.15) is 46.5 Å². The topological polar surface area (TPSA) is 49.4 Å². The molecule has 0 radical (unpaired) electrons. The number of rotatable bonds is 5. The van der Waals surface area contributed by atoms with E-state index >= 15 is 0 Å². The summed E-state index contributed by atoms with van der Waals surface area (Å²) in [6.45, 7) is 8.27. The zero-order valence-corrected chi connectivity index (χ0v) is 11.9. The Labute approximate surface area is 110 Å². The zero-order valence-electron chi connectivity index (χ0n) is 11.9. The molecule has 2 amide bonds. The van der Waals surface area contributed by atoms with E-state index in [1.807, 2.05) is 25.7 Å². The highest BCUT2D eigenvalue weighted by atomic mass is 16.2. The van der Waals surface area contributed by atoms with Crippen LogP contribution in [-0.4, -0.2) is 36.3 Å². The van der Waals surface area contributed by atoms with Crippen LogP contribution in [0.2, 0.25) is 0 Å². The van der Waals surface area contributed by atoms with Crippen molar-refractivity contribution in [3.63, 3.8) is 0 Å². The van der Waals surface area contributed by atoms with Crippen molar-refractivity contribution in [2.45, 2.75) is 46.5 Å². The number of likely N-dealkylation sites (tertiary alicyclic amines) is 1. The molecule has 1 atom stereocenters. The Morgan fingerprint density at radius 3 is 2.39 bits per heavy atom. The van der Waals surface area contributed by atoms with Crippen LogP contribution in [0.15, 0.2) is 0 Å². The minimum absolute atomic E-state index is 0.0949. The third-order valence-electron chi connectivity index (χ3n) is 3.76. The molecule has 4 heteroatoms. The van der Waals surface area contributed by atoms with E-state index in [0.717, 1.165) is 45.3 Å². The molecule has 1 fully saturated rings. The van der Waals surface area contributed by atoms with E-state index in [1.165, 1.54) is 0 Å². The van der Waals surface area contributed by atoms with Gasteiger partial charge in [-0.15, -0.1) is 0 Å². The molecular weight excluding hydrogens is 228 g/mol. The van der Waals surface area contributed by atoms with Crippen LogP contribution in [0.4, 0.5) is 0 Å². The van der Waals surface area contributed by atoms with Gasteiger partial charge in [-0.05, 0) is 25.7 Å². The maximum Gasteiger partial charge on any atom is 0.225 e. The molecule has 18 heavy (non-hydrogen) atoms. The summed E-state index contributed by atoms with van der Waals surface area (Å²) >= 11 is 0. The second-order valence-electron chi connectivity index (χ2n) is 5.20. The van der Waals surface area contributed by atoms with Crippen molar-refractivity contribution in [1.82, 2.24) is 10.2 Å². The Kier molecular flexibility index (Phi) is 6.16. The van der Waals surface area contributed by atoms with E-state index in [4.69, 9.17) is 0 Å². The Bertz CT molecular complexity index is 284. The lowest BCUT2D eigenvalue weighted by molar-refractivity contribution is -0.138. The SMILES string of the molecule is CCCNC(=O)C1CCN(C(=O)C(C)CC)CC1. The summed E-state index contributed by atoms with van der Waals surface area (Å²) in [7, 11) is 0. The molecule has 1 unspecified atom stereocenters. The molecule has 1 saturated heterocycles. The van der Waals surface area contributed by atoms with Crippen LogP contribution in [0.3, 0.4) is 0 Å². The molecule has 0 spiro atoms. The maximum atomic E-state index is 12.0. The predicted molar refractivity (Wildman–Crippen MR) is 72.1 cm³/mol. The standard InChI is InChI=1S/C14H26N2O2/c1-4-8-15-13(17)12-6-9-16(10-7-12)14(18)11(3)5-2/h11-12H,4-10H2,1-3H3,(H,15,17). The molecule has 0 saturated carbocycles. The first-order chi connectivity index (χ1) is 8.60. The Morgan fingerprint density at radius 2 is 1.89 bits per heavy atom. The zero-order chi connectivity index (χ0) is 13.5. The van der Waals surface area contributed by atoms with Gasteiger partial charge in [-0.25, -0.2) is 0 Å². The number of nitrogens with one attached hydrogen (secondary N) is 1. The Morgan fingerprint density at radius 1 is 1.28 bits per heavy atom. The average molecular weight is 254 g/mol. The Balaban J connectivity index is 2.36. The van der Waals surface area contributed by atoms with Gasteiger partial charge in [-0.1, -0.05) is 20.8 Å². The van der Waals surface area contributed by atoms with Crippen LogP contribution < -0.4 is 5.32 Å². The fourth-order valence-electron chi connectivity index (χ4n) is 2.24. The minimum Gasteiger partial charge on any atom is -0.356 e. The number of amides is 2. The van der Waals surface area contributed by atoms with E-state index < -0.39 is 0 Å².